The van der Waals surface area contributed by atoms with Gasteiger partial charge in [0, 0.05) is 13.1 Å². The molecule has 1 aromatic rings. The number of carbonyl (C=O) groups is 2. The predicted molar refractivity (Wildman–Crippen MR) is 78.6 cm³/mol. The monoisotopic (exact) mass is 278 g/mol. The molecule has 0 aliphatic rings. The molecule has 0 fully saturated rings. The fraction of sp³-hybridized carbons (Fsp3) is 0.500. The van der Waals surface area contributed by atoms with Crippen LogP contribution in [0, 0.1) is 5.92 Å². The molecule has 110 valence electrons. The van der Waals surface area contributed by atoms with Gasteiger partial charge in [-0.3, -0.25) is 9.59 Å². The van der Waals surface area contributed by atoms with Gasteiger partial charge in [-0.1, -0.05) is 13.8 Å². The van der Waals surface area contributed by atoms with E-state index in [0.29, 0.717) is 18.2 Å². The predicted octanol–water partition coefficient (Wildman–Crippen LogP) is 1.02. The first-order valence-electron chi connectivity index (χ1n) is 6.77. The van der Waals surface area contributed by atoms with Crippen LogP contribution in [0.25, 0.3) is 0 Å². The number of nitrogens with one attached hydrogen (secondary N) is 3. The molecule has 20 heavy (non-hydrogen) atoms. The van der Waals surface area contributed by atoms with Gasteiger partial charge < -0.3 is 16.0 Å². The van der Waals surface area contributed by atoms with E-state index in [9.17, 15) is 9.59 Å². The zero-order valence-corrected chi connectivity index (χ0v) is 12.2. The first-order chi connectivity index (χ1) is 9.52. The molecule has 6 heteroatoms. The Morgan fingerprint density at radius 2 is 2.00 bits per heavy atom. The SMILES string of the molecule is CCNc1ccc(C(=O)NCC(=O)NCC(C)C)nc1. The van der Waals surface area contributed by atoms with Crippen molar-refractivity contribution in [1.29, 1.82) is 0 Å². The molecular weight excluding hydrogens is 256 g/mol. The molecule has 1 aromatic heterocycles. The zero-order valence-electron chi connectivity index (χ0n) is 12.2. The van der Waals surface area contributed by atoms with Crippen LogP contribution in [-0.4, -0.2) is 36.4 Å². The minimum atomic E-state index is -0.354. The lowest BCUT2D eigenvalue weighted by atomic mass is 10.2. The van der Waals surface area contributed by atoms with Gasteiger partial charge in [0.1, 0.15) is 5.69 Å². The molecule has 2 amide bonds. The third kappa shape index (κ3) is 5.69. The van der Waals surface area contributed by atoms with Gasteiger partial charge in [0.2, 0.25) is 5.91 Å². The number of carbonyl (C=O) groups excluding carboxylic acids is 2. The van der Waals surface area contributed by atoms with Crippen LogP contribution in [0.1, 0.15) is 31.3 Å². The van der Waals surface area contributed by atoms with E-state index in [1.165, 1.54) is 0 Å². The van der Waals surface area contributed by atoms with E-state index in [2.05, 4.69) is 20.9 Å². The highest BCUT2D eigenvalue weighted by Crippen LogP contribution is 2.05. The number of nitrogens with zero attached hydrogens (tertiary/aromatic N) is 1. The summed E-state index contributed by atoms with van der Waals surface area (Å²) in [5.41, 5.74) is 1.15. The maximum Gasteiger partial charge on any atom is 0.270 e. The second-order valence-corrected chi connectivity index (χ2v) is 4.84. The van der Waals surface area contributed by atoms with Crippen molar-refractivity contribution in [2.24, 2.45) is 5.92 Å². The quantitative estimate of drug-likeness (QED) is 0.695. The molecule has 1 heterocycles. The van der Waals surface area contributed by atoms with Crippen molar-refractivity contribution >= 4 is 17.5 Å². The third-order valence-electron chi connectivity index (χ3n) is 2.49. The molecule has 0 saturated carbocycles. The van der Waals surface area contributed by atoms with E-state index >= 15 is 0 Å². The second kappa shape index (κ2) is 8.14. The van der Waals surface area contributed by atoms with Gasteiger partial charge in [-0.05, 0) is 25.0 Å². The lowest BCUT2D eigenvalue weighted by Gasteiger charge is -2.08. The number of pyridine rings is 1. The van der Waals surface area contributed by atoms with Crippen molar-refractivity contribution in [3.05, 3.63) is 24.0 Å². The van der Waals surface area contributed by atoms with Gasteiger partial charge in [-0.2, -0.15) is 0 Å². The number of rotatable bonds is 7. The summed E-state index contributed by atoms with van der Waals surface area (Å²) in [5.74, 6) is -0.168. The lowest BCUT2D eigenvalue weighted by molar-refractivity contribution is -0.120. The smallest absolute Gasteiger partial charge is 0.270 e. The van der Waals surface area contributed by atoms with Crippen molar-refractivity contribution in [2.75, 3.05) is 25.0 Å². The minimum Gasteiger partial charge on any atom is -0.384 e. The Morgan fingerprint density at radius 1 is 1.25 bits per heavy atom. The average Bonchev–Trinajstić information content (AvgIpc) is 2.43. The Kier molecular flexibility index (Phi) is 6.49. The Balaban J connectivity index is 2.40. The van der Waals surface area contributed by atoms with Crippen molar-refractivity contribution in [1.82, 2.24) is 15.6 Å². The average molecular weight is 278 g/mol. The van der Waals surface area contributed by atoms with Gasteiger partial charge >= 0.3 is 0 Å². The van der Waals surface area contributed by atoms with E-state index in [0.717, 1.165) is 12.2 Å². The second-order valence-electron chi connectivity index (χ2n) is 4.84. The van der Waals surface area contributed by atoms with Crippen LogP contribution in [0.3, 0.4) is 0 Å². The largest absolute Gasteiger partial charge is 0.384 e. The van der Waals surface area contributed by atoms with Crippen LogP contribution in [0.5, 0.6) is 0 Å². The summed E-state index contributed by atoms with van der Waals surface area (Å²) in [6.07, 6.45) is 1.59. The van der Waals surface area contributed by atoms with Crippen LogP contribution in [-0.2, 0) is 4.79 Å². The lowest BCUT2D eigenvalue weighted by Crippen LogP contribution is -2.38. The fourth-order valence-electron chi connectivity index (χ4n) is 1.47. The summed E-state index contributed by atoms with van der Waals surface area (Å²) in [6.45, 7) is 7.36. The van der Waals surface area contributed by atoms with Crippen molar-refractivity contribution in [3.8, 4) is 0 Å². The molecule has 3 N–H and O–H groups in total. The standard InChI is InChI=1S/C14H22N4O2/c1-4-15-11-5-6-12(16-8-11)14(20)18-9-13(19)17-7-10(2)3/h5-6,8,10,15H,4,7,9H2,1-3H3,(H,17,19)(H,18,20). The van der Waals surface area contributed by atoms with Crippen molar-refractivity contribution < 1.29 is 9.59 Å². The molecule has 0 unspecified atom stereocenters. The summed E-state index contributed by atoms with van der Waals surface area (Å²) in [6, 6.07) is 3.41. The summed E-state index contributed by atoms with van der Waals surface area (Å²) in [4.78, 5) is 27.3. The zero-order chi connectivity index (χ0) is 15.0. The van der Waals surface area contributed by atoms with E-state index in [1.807, 2.05) is 20.8 Å². The maximum absolute atomic E-state index is 11.8. The molecule has 0 aliphatic heterocycles. The molecule has 0 aromatic carbocycles. The first-order valence-corrected chi connectivity index (χ1v) is 6.77. The topological polar surface area (TPSA) is 83.1 Å². The van der Waals surface area contributed by atoms with Crippen molar-refractivity contribution in [3.63, 3.8) is 0 Å². The molecule has 6 nitrogen and oxygen atoms in total. The summed E-state index contributed by atoms with van der Waals surface area (Å²) < 4.78 is 0. The Morgan fingerprint density at radius 3 is 2.55 bits per heavy atom. The van der Waals surface area contributed by atoms with E-state index < -0.39 is 0 Å². The summed E-state index contributed by atoms with van der Waals surface area (Å²) >= 11 is 0. The summed E-state index contributed by atoms with van der Waals surface area (Å²) in [5, 5.41) is 8.36. The number of anilines is 1. The third-order valence-corrected chi connectivity index (χ3v) is 2.49. The molecular formula is C14H22N4O2. The van der Waals surface area contributed by atoms with Crippen LogP contribution in [0.15, 0.2) is 18.3 Å². The molecule has 0 aliphatic carbocycles. The van der Waals surface area contributed by atoms with Crippen LogP contribution < -0.4 is 16.0 Å². The minimum absolute atomic E-state index is 0.0395. The number of amides is 2. The molecule has 0 atom stereocenters. The normalized spacial score (nSPS) is 10.2. The highest BCUT2D eigenvalue weighted by Gasteiger charge is 2.09. The van der Waals surface area contributed by atoms with Crippen LogP contribution in [0.2, 0.25) is 0 Å². The number of aromatic nitrogens is 1. The van der Waals surface area contributed by atoms with Gasteiger partial charge in [0.15, 0.2) is 0 Å². The van der Waals surface area contributed by atoms with Gasteiger partial charge in [0.05, 0.1) is 18.4 Å². The van der Waals surface area contributed by atoms with Crippen LogP contribution in [0.4, 0.5) is 5.69 Å². The van der Waals surface area contributed by atoms with Crippen LogP contribution >= 0.6 is 0 Å². The Bertz CT molecular complexity index is 443. The Labute approximate surface area is 119 Å². The van der Waals surface area contributed by atoms with E-state index in [4.69, 9.17) is 0 Å². The van der Waals surface area contributed by atoms with Crippen molar-refractivity contribution in [2.45, 2.75) is 20.8 Å². The molecule has 0 radical (unpaired) electrons. The fourth-order valence-corrected chi connectivity index (χ4v) is 1.47. The Hall–Kier alpha value is -2.11. The maximum atomic E-state index is 11.8. The van der Waals surface area contributed by atoms with Gasteiger partial charge in [0.25, 0.3) is 5.91 Å². The van der Waals surface area contributed by atoms with Gasteiger partial charge in [-0.25, -0.2) is 4.98 Å². The van der Waals surface area contributed by atoms with E-state index in [1.54, 1.807) is 18.3 Å². The molecule has 0 saturated heterocycles. The highest BCUT2D eigenvalue weighted by atomic mass is 16.2. The molecule has 0 bridgehead atoms. The molecule has 0 spiro atoms. The number of hydrogen-bond acceptors (Lipinski definition) is 4. The summed E-state index contributed by atoms with van der Waals surface area (Å²) in [7, 11) is 0. The first kappa shape index (κ1) is 15.9. The highest BCUT2D eigenvalue weighted by molar-refractivity contribution is 5.95. The van der Waals surface area contributed by atoms with E-state index in [-0.39, 0.29) is 18.4 Å². The number of hydrogen-bond donors (Lipinski definition) is 3. The molecule has 1 rings (SSSR count). The van der Waals surface area contributed by atoms with Gasteiger partial charge in [-0.15, -0.1) is 0 Å².